The molecule has 94 valence electrons. The van der Waals surface area contributed by atoms with E-state index < -0.39 is 0 Å². The number of rotatable bonds is 3. The van der Waals surface area contributed by atoms with Gasteiger partial charge in [-0.3, -0.25) is 9.89 Å². The summed E-state index contributed by atoms with van der Waals surface area (Å²) < 4.78 is 0. The summed E-state index contributed by atoms with van der Waals surface area (Å²) >= 11 is 0. The van der Waals surface area contributed by atoms with Crippen LogP contribution in [0.15, 0.2) is 0 Å². The average Bonchev–Trinajstić information content (AvgIpc) is 2.77. The number of hydrogen-bond donors (Lipinski definition) is 2. The number of aryl methyl sites for hydroxylation is 1. The Morgan fingerprint density at radius 2 is 2.47 bits per heavy atom. The lowest BCUT2D eigenvalue weighted by molar-refractivity contribution is 0.0902. The number of aromatic amines is 1. The second-order valence-corrected chi connectivity index (χ2v) is 4.53. The molecule has 6 nitrogen and oxygen atoms in total. The number of amides is 1. The Labute approximate surface area is 101 Å². The van der Waals surface area contributed by atoms with Crippen molar-refractivity contribution in [1.82, 2.24) is 25.4 Å². The molecule has 1 aliphatic rings. The SMILES string of the molecule is CCc1nc(C(=O)NC2CCCN(C)C2)n[nH]1. The van der Waals surface area contributed by atoms with Crippen LogP contribution >= 0.6 is 0 Å². The van der Waals surface area contributed by atoms with Gasteiger partial charge in [0.05, 0.1) is 0 Å². The van der Waals surface area contributed by atoms with E-state index in [0.717, 1.165) is 38.2 Å². The highest BCUT2D eigenvalue weighted by atomic mass is 16.2. The first kappa shape index (κ1) is 12.0. The molecular formula is C11H19N5O. The minimum atomic E-state index is -0.179. The fourth-order valence-electron chi connectivity index (χ4n) is 2.09. The van der Waals surface area contributed by atoms with Crippen LogP contribution in [0.2, 0.25) is 0 Å². The number of aromatic nitrogens is 3. The summed E-state index contributed by atoms with van der Waals surface area (Å²) in [5, 5.41) is 9.64. The number of likely N-dealkylation sites (tertiary alicyclic amines) is 1. The van der Waals surface area contributed by atoms with Crippen LogP contribution in [0, 0.1) is 0 Å². The topological polar surface area (TPSA) is 73.9 Å². The van der Waals surface area contributed by atoms with Gasteiger partial charge in [0.25, 0.3) is 5.91 Å². The number of likely N-dealkylation sites (N-methyl/N-ethyl adjacent to an activating group) is 1. The van der Waals surface area contributed by atoms with E-state index in [2.05, 4.69) is 32.4 Å². The lowest BCUT2D eigenvalue weighted by atomic mass is 10.1. The molecule has 0 bridgehead atoms. The van der Waals surface area contributed by atoms with Crippen molar-refractivity contribution < 1.29 is 4.79 Å². The van der Waals surface area contributed by atoms with Gasteiger partial charge in [0.15, 0.2) is 0 Å². The Morgan fingerprint density at radius 3 is 3.12 bits per heavy atom. The molecule has 0 spiro atoms. The molecule has 0 aromatic carbocycles. The Morgan fingerprint density at radius 1 is 1.65 bits per heavy atom. The molecule has 1 atom stereocenters. The van der Waals surface area contributed by atoms with E-state index in [1.807, 2.05) is 6.92 Å². The van der Waals surface area contributed by atoms with Gasteiger partial charge < -0.3 is 10.2 Å². The van der Waals surface area contributed by atoms with Crippen LogP contribution in [0.1, 0.15) is 36.2 Å². The molecule has 1 unspecified atom stereocenters. The number of carbonyl (C=O) groups excluding carboxylic acids is 1. The first-order chi connectivity index (χ1) is 8.19. The molecule has 2 heterocycles. The zero-order valence-electron chi connectivity index (χ0n) is 10.4. The van der Waals surface area contributed by atoms with E-state index in [1.54, 1.807) is 0 Å². The molecule has 1 saturated heterocycles. The van der Waals surface area contributed by atoms with Gasteiger partial charge in [-0.1, -0.05) is 6.92 Å². The van der Waals surface area contributed by atoms with Crippen molar-refractivity contribution in [2.75, 3.05) is 20.1 Å². The van der Waals surface area contributed by atoms with Crippen molar-refractivity contribution in [2.45, 2.75) is 32.2 Å². The third-order valence-corrected chi connectivity index (χ3v) is 3.03. The highest BCUT2D eigenvalue weighted by Gasteiger charge is 2.21. The standard InChI is InChI=1S/C11H19N5O/c1-3-9-13-10(15-14-9)11(17)12-8-5-4-6-16(2)7-8/h8H,3-7H2,1-2H3,(H,12,17)(H,13,14,15). The molecule has 0 saturated carbocycles. The predicted molar refractivity (Wildman–Crippen MR) is 63.7 cm³/mol. The summed E-state index contributed by atoms with van der Waals surface area (Å²) in [5.74, 6) is 0.812. The number of piperidine rings is 1. The Bertz CT molecular complexity index is 389. The Hall–Kier alpha value is -1.43. The van der Waals surface area contributed by atoms with Crippen molar-refractivity contribution in [3.8, 4) is 0 Å². The quantitative estimate of drug-likeness (QED) is 0.787. The molecule has 1 aromatic heterocycles. The summed E-state index contributed by atoms with van der Waals surface area (Å²) in [4.78, 5) is 18.2. The van der Waals surface area contributed by atoms with E-state index in [4.69, 9.17) is 0 Å². The van der Waals surface area contributed by atoms with Crippen molar-refractivity contribution >= 4 is 5.91 Å². The molecular weight excluding hydrogens is 218 g/mol. The third kappa shape index (κ3) is 3.03. The second-order valence-electron chi connectivity index (χ2n) is 4.53. The molecule has 1 fully saturated rings. The molecule has 2 N–H and O–H groups in total. The molecule has 2 rings (SSSR count). The minimum Gasteiger partial charge on any atom is -0.345 e. The van der Waals surface area contributed by atoms with Crippen LogP contribution in [0.5, 0.6) is 0 Å². The third-order valence-electron chi connectivity index (χ3n) is 3.03. The van der Waals surface area contributed by atoms with Gasteiger partial charge in [0.2, 0.25) is 5.82 Å². The van der Waals surface area contributed by atoms with E-state index in [9.17, 15) is 4.79 Å². The van der Waals surface area contributed by atoms with Crippen molar-refractivity contribution in [3.63, 3.8) is 0 Å². The fourth-order valence-corrected chi connectivity index (χ4v) is 2.09. The van der Waals surface area contributed by atoms with Crippen LogP contribution < -0.4 is 5.32 Å². The minimum absolute atomic E-state index is 0.179. The highest BCUT2D eigenvalue weighted by Crippen LogP contribution is 2.08. The largest absolute Gasteiger partial charge is 0.345 e. The highest BCUT2D eigenvalue weighted by molar-refractivity contribution is 5.90. The van der Waals surface area contributed by atoms with Gasteiger partial charge >= 0.3 is 0 Å². The summed E-state index contributed by atoms with van der Waals surface area (Å²) in [7, 11) is 2.07. The maximum atomic E-state index is 11.9. The lowest BCUT2D eigenvalue weighted by Gasteiger charge is -2.29. The number of H-pyrrole nitrogens is 1. The molecule has 1 amide bonds. The lowest BCUT2D eigenvalue weighted by Crippen LogP contribution is -2.46. The second kappa shape index (κ2) is 5.27. The van der Waals surface area contributed by atoms with E-state index >= 15 is 0 Å². The number of nitrogens with one attached hydrogen (secondary N) is 2. The van der Waals surface area contributed by atoms with Crippen molar-refractivity contribution in [1.29, 1.82) is 0 Å². The summed E-state index contributed by atoms with van der Waals surface area (Å²) in [6, 6.07) is 0.213. The number of nitrogens with zero attached hydrogens (tertiary/aromatic N) is 3. The molecule has 17 heavy (non-hydrogen) atoms. The normalized spacial score (nSPS) is 21.4. The zero-order valence-corrected chi connectivity index (χ0v) is 10.4. The van der Waals surface area contributed by atoms with Crippen molar-refractivity contribution in [2.24, 2.45) is 0 Å². The van der Waals surface area contributed by atoms with E-state index in [-0.39, 0.29) is 17.8 Å². The first-order valence-corrected chi connectivity index (χ1v) is 6.09. The van der Waals surface area contributed by atoms with E-state index in [0.29, 0.717) is 0 Å². The maximum absolute atomic E-state index is 11.9. The molecule has 6 heteroatoms. The first-order valence-electron chi connectivity index (χ1n) is 6.09. The van der Waals surface area contributed by atoms with Crippen LogP contribution in [0.25, 0.3) is 0 Å². The smallest absolute Gasteiger partial charge is 0.291 e. The predicted octanol–water partition coefficient (Wildman–Crippen LogP) is 0.191. The summed E-state index contributed by atoms with van der Waals surface area (Å²) in [5.41, 5.74) is 0. The van der Waals surface area contributed by atoms with Crippen LogP contribution in [-0.2, 0) is 6.42 Å². The monoisotopic (exact) mass is 237 g/mol. The summed E-state index contributed by atoms with van der Waals surface area (Å²) in [6.07, 6.45) is 2.91. The molecule has 0 aliphatic carbocycles. The van der Waals surface area contributed by atoms with Gasteiger partial charge in [-0.25, -0.2) is 4.98 Å². The van der Waals surface area contributed by atoms with E-state index in [1.165, 1.54) is 0 Å². The van der Waals surface area contributed by atoms with Gasteiger partial charge in [0.1, 0.15) is 5.82 Å². The summed E-state index contributed by atoms with van der Waals surface area (Å²) in [6.45, 7) is 3.97. The zero-order chi connectivity index (χ0) is 12.3. The number of carbonyl (C=O) groups is 1. The average molecular weight is 237 g/mol. The number of hydrogen-bond acceptors (Lipinski definition) is 4. The Kier molecular flexibility index (Phi) is 3.73. The molecule has 1 aliphatic heterocycles. The van der Waals surface area contributed by atoms with Gasteiger partial charge in [-0.2, -0.15) is 0 Å². The van der Waals surface area contributed by atoms with Gasteiger partial charge in [-0.05, 0) is 26.4 Å². The van der Waals surface area contributed by atoms with Crippen LogP contribution in [0.3, 0.4) is 0 Å². The van der Waals surface area contributed by atoms with Crippen molar-refractivity contribution in [3.05, 3.63) is 11.6 Å². The Balaban J connectivity index is 1.92. The van der Waals surface area contributed by atoms with Crippen LogP contribution in [-0.4, -0.2) is 52.2 Å². The van der Waals surface area contributed by atoms with Gasteiger partial charge in [-0.15, -0.1) is 5.10 Å². The fraction of sp³-hybridized carbons (Fsp3) is 0.727. The van der Waals surface area contributed by atoms with Crippen LogP contribution in [0.4, 0.5) is 0 Å². The molecule has 0 radical (unpaired) electrons. The van der Waals surface area contributed by atoms with Gasteiger partial charge in [0, 0.05) is 19.0 Å². The maximum Gasteiger partial charge on any atom is 0.291 e. The molecule has 1 aromatic rings.